The van der Waals surface area contributed by atoms with Gasteiger partial charge in [0.15, 0.2) is 18.9 Å². The smallest absolute Gasteiger partial charge is 0.196 e. The van der Waals surface area contributed by atoms with E-state index in [4.69, 9.17) is 0 Å². The molecule has 4 rings (SSSR count). The minimum Gasteiger partial charge on any atom is -0.199 e. The highest BCUT2D eigenvalue weighted by Crippen LogP contribution is 2.34. The van der Waals surface area contributed by atoms with Gasteiger partial charge in [-0.05, 0) is 17.7 Å². The summed E-state index contributed by atoms with van der Waals surface area (Å²) in [6.45, 7) is 0.819. The average Bonchev–Trinajstić information content (AvgIpc) is 2.87. The number of nitrogens with zero attached hydrogens (tertiary/aromatic N) is 3. The predicted octanol–water partition coefficient (Wildman–Crippen LogP) is 5.54. The van der Waals surface area contributed by atoms with Crippen molar-refractivity contribution in [2.24, 2.45) is 10.2 Å². The molecule has 2 aliphatic carbocycles. The van der Waals surface area contributed by atoms with Crippen molar-refractivity contribution in [2.75, 3.05) is 0 Å². The van der Waals surface area contributed by atoms with E-state index in [2.05, 4.69) is 57.3 Å². The molecule has 0 radical (unpaired) electrons. The molecule has 0 saturated heterocycles. The molecule has 2 aromatic rings. The Morgan fingerprint density at radius 1 is 0.680 bits per heavy atom. The third kappa shape index (κ3) is 3.61. The van der Waals surface area contributed by atoms with Gasteiger partial charge < -0.3 is 0 Å². The van der Waals surface area contributed by atoms with E-state index in [1.165, 1.54) is 11.1 Å². The second-order valence-corrected chi connectivity index (χ2v) is 5.92. The third-order valence-corrected chi connectivity index (χ3v) is 4.09. The van der Waals surface area contributed by atoms with E-state index in [0.29, 0.717) is 0 Å². The molecule has 0 aliphatic heterocycles. The van der Waals surface area contributed by atoms with Gasteiger partial charge in [0.05, 0.1) is 5.69 Å². The molecule has 1 aromatic heterocycles. The molecule has 0 unspecified atom stereocenters. The number of aromatic nitrogens is 1. The molecule has 3 heteroatoms. The van der Waals surface area contributed by atoms with Crippen molar-refractivity contribution < 1.29 is 4.57 Å². The molecule has 1 heterocycles. The molecule has 0 saturated carbocycles. The van der Waals surface area contributed by atoms with Crippen LogP contribution in [0.25, 0.3) is 11.1 Å². The van der Waals surface area contributed by atoms with Crippen molar-refractivity contribution in [3.8, 4) is 11.1 Å². The zero-order valence-electron chi connectivity index (χ0n) is 13.8. The topological polar surface area (TPSA) is 28.6 Å². The first-order chi connectivity index (χ1) is 12.4. The Balaban J connectivity index is 1.57. The van der Waals surface area contributed by atoms with Gasteiger partial charge in [0.2, 0.25) is 0 Å². The lowest BCUT2D eigenvalue weighted by Gasteiger charge is -1.98. The number of hydrogen-bond acceptors (Lipinski definition) is 2. The second kappa shape index (κ2) is 7.05. The summed E-state index contributed by atoms with van der Waals surface area (Å²) in [4.78, 5) is 0. The fourth-order valence-corrected chi connectivity index (χ4v) is 2.86. The summed E-state index contributed by atoms with van der Waals surface area (Å²) >= 11 is 0. The summed E-state index contributed by atoms with van der Waals surface area (Å²) in [5, 5.41) is 8.88. The molecule has 3 nitrogen and oxygen atoms in total. The molecule has 0 bridgehead atoms. The molecule has 0 spiro atoms. The average molecular weight is 324 g/mol. The number of fused-ring (bicyclic) bond motifs is 1. The zero-order chi connectivity index (χ0) is 16.9. The monoisotopic (exact) mass is 324 g/mol. The molecule has 1 aromatic carbocycles. The van der Waals surface area contributed by atoms with E-state index in [1.807, 2.05) is 54.9 Å². The molecule has 2 aliphatic rings. The maximum absolute atomic E-state index is 4.45. The summed E-state index contributed by atoms with van der Waals surface area (Å²) in [6.07, 6.45) is 4.06. The Morgan fingerprint density at radius 3 is 2.36 bits per heavy atom. The summed E-state index contributed by atoms with van der Waals surface area (Å²) in [5.74, 6) is 0. The van der Waals surface area contributed by atoms with Gasteiger partial charge in [-0.2, -0.15) is 4.57 Å². The van der Waals surface area contributed by atoms with E-state index in [0.717, 1.165) is 23.5 Å². The minimum absolute atomic E-state index is 0.819. The van der Waals surface area contributed by atoms with Crippen LogP contribution in [0.5, 0.6) is 0 Å². The fourth-order valence-electron chi connectivity index (χ4n) is 2.86. The zero-order valence-corrected chi connectivity index (χ0v) is 13.8. The Labute approximate surface area is 147 Å². The number of rotatable bonds is 4. The number of benzene rings is 1. The molecule has 0 atom stereocenters. The predicted molar refractivity (Wildman–Crippen MR) is 99.4 cm³/mol. The van der Waals surface area contributed by atoms with Gasteiger partial charge in [0, 0.05) is 17.2 Å². The Kier molecular flexibility index (Phi) is 4.29. The molecular formula is C22H18N3+. The highest BCUT2D eigenvalue weighted by Gasteiger charge is 2.07. The lowest BCUT2D eigenvalue weighted by atomic mass is 10.2. The van der Waals surface area contributed by atoms with Crippen LogP contribution in [0.15, 0.2) is 108 Å². The standard InChI is InChI=1S/C22H18N3/c1-3-8-18(9-4-1)16-25-15-7-11-20(17-25)23-24-22-14-13-19-10-5-2-6-12-21(19)22/h1-15,17H,16H2/q+1. The van der Waals surface area contributed by atoms with E-state index >= 15 is 0 Å². The van der Waals surface area contributed by atoms with Crippen LogP contribution in [0.3, 0.4) is 0 Å². The van der Waals surface area contributed by atoms with Crippen molar-refractivity contribution in [1.82, 2.24) is 0 Å². The van der Waals surface area contributed by atoms with Crippen LogP contribution in [0.2, 0.25) is 0 Å². The highest BCUT2D eigenvalue weighted by atomic mass is 15.1. The van der Waals surface area contributed by atoms with E-state index in [1.54, 1.807) is 0 Å². The summed E-state index contributed by atoms with van der Waals surface area (Å²) in [6, 6.07) is 28.7. The van der Waals surface area contributed by atoms with E-state index in [9.17, 15) is 0 Å². The molecule has 120 valence electrons. The van der Waals surface area contributed by atoms with Crippen molar-refractivity contribution in [3.05, 3.63) is 103 Å². The fraction of sp³-hybridized carbons (Fsp3) is 0.0455. The van der Waals surface area contributed by atoms with Crippen LogP contribution >= 0.6 is 0 Å². The first-order valence-electron chi connectivity index (χ1n) is 8.31. The van der Waals surface area contributed by atoms with Crippen LogP contribution in [-0.2, 0) is 6.54 Å². The molecule has 0 amide bonds. The van der Waals surface area contributed by atoms with Crippen molar-refractivity contribution >= 4 is 11.4 Å². The van der Waals surface area contributed by atoms with Crippen LogP contribution in [0, 0.1) is 0 Å². The van der Waals surface area contributed by atoms with Gasteiger partial charge in [-0.1, -0.05) is 66.7 Å². The van der Waals surface area contributed by atoms with Crippen LogP contribution in [0.1, 0.15) is 5.56 Å². The maximum atomic E-state index is 4.45. The summed E-state index contributed by atoms with van der Waals surface area (Å²) < 4.78 is 2.12. The highest BCUT2D eigenvalue weighted by molar-refractivity contribution is 5.79. The van der Waals surface area contributed by atoms with Crippen LogP contribution in [-0.4, -0.2) is 0 Å². The van der Waals surface area contributed by atoms with Crippen LogP contribution < -0.4 is 4.57 Å². The Bertz CT molecular complexity index is 977. The quantitative estimate of drug-likeness (QED) is 0.348. The normalized spacial score (nSPS) is 11.2. The van der Waals surface area contributed by atoms with Gasteiger partial charge in [-0.15, -0.1) is 10.2 Å². The molecule has 0 N–H and O–H groups in total. The second-order valence-electron chi connectivity index (χ2n) is 5.92. The largest absolute Gasteiger partial charge is 0.199 e. The molecule has 25 heavy (non-hydrogen) atoms. The third-order valence-electron chi connectivity index (χ3n) is 4.09. The van der Waals surface area contributed by atoms with E-state index in [-0.39, 0.29) is 0 Å². The Morgan fingerprint density at radius 2 is 1.48 bits per heavy atom. The maximum Gasteiger partial charge on any atom is 0.196 e. The first kappa shape index (κ1) is 15.2. The first-order valence-corrected chi connectivity index (χ1v) is 8.31. The number of hydrogen-bond donors (Lipinski definition) is 0. The minimum atomic E-state index is 0.819. The summed E-state index contributed by atoms with van der Waals surface area (Å²) in [7, 11) is 0. The number of pyridine rings is 1. The molecule has 0 fully saturated rings. The van der Waals surface area contributed by atoms with Gasteiger partial charge in [0.25, 0.3) is 0 Å². The van der Waals surface area contributed by atoms with Crippen LogP contribution in [0.4, 0.5) is 11.4 Å². The lowest BCUT2D eigenvalue weighted by molar-refractivity contribution is -0.687. The van der Waals surface area contributed by atoms with Crippen molar-refractivity contribution in [1.29, 1.82) is 0 Å². The van der Waals surface area contributed by atoms with Crippen molar-refractivity contribution in [3.63, 3.8) is 0 Å². The summed E-state index contributed by atoms with van der Waals surface area (Å²) in [5.41, 5.74) is 5.28. The van der Waals surface area contributed by atoms with Gasteiger partial charge >= 0.3 is 0 Å². The SMILES string of the molecule is c1ccc(C[n+]2cccc(N=Nc3ccc4cccccc3-4)c2)cc1. The Hall–Kier alpha value is -3.33. The van der Waals surface area contributed by atoms with Gasteiger partial charge in [0.1, 0.15) is 5.69 Å². The molecular weight excluding hydrogens is 306 g/mol. The van der Waals surface area contributed by atoms with Crippen molar-refractivity contribution in [2.45, 2.75) is 6.54 Å². The lowest BCUT2D eigenvalue weighted by Crippen LogP contribution is -2.32. The van der Waals surface area contributed by atoms with Gasteiger partial charge in [-0.3, -0.25) is 0 Å². The number of azo groups is 1. The van der Waals surface area contributed by atoms with Gasteiger partial charge in [-0.25, -0.2) is 0 Å². The van der Waals surface area contributed by atoms with E-state index < -0.39 is 0 Å².